The van der Waals surface area contributed by atoms with Crippen molar-refractivity contribution in [2.24, 2.45) is 0 Å². The van der Waals surface area contributed by atoms with Gasteiger partial charge in [-0.2, -0.15) is 0 Å². The molecule has 2 heterocycles. The second kappa shape index (κ2) is 18.7. The summed E-state index contributed by atoms with van der Waals surface area (Å²) < 4.78 is 17.9. The summed E-state index contributed by atoms with van der Waals surface area (Å²) in [6.07, 6.45) is 5.41. The van der Waals surface area contributed by atoms with E-state index < -0.39 is 5.97 Å². The van der Waals surface area contributed by atoms with E-state index in [-0.39, 0.29) is 22.0 Å². The summed E-state index contributed by atoms with van der Waals surface area (Å²) in [4.78, 5) is 40.3. The van der Waals surface area contributed by atoms with Crippen molar-refractivity contribution in [1.29, 1.82) is 0 Å². The van der Waals surface area contributed by atoms with Crippen LogP contribution in [0.15, 0.2) is 113 Å². The van der Waals surface area contributed by atoms with Crippen LogP contribution in [-0.2, 0) is 17.6 Å². The van der Waals surface area contributed by atoms with Crippen LogP contribution in [0.3, 0.4) is 0 Å². The van der Waals surface area contributed by atoms with Crippen LogP contribution >= 0.6 is 23.5 Å². The second-order valence-corrected chi connectivity index (χ2v) is 15.2. The fourth-order valence-corrected chi connectivity index (χ4v) is 7.73. The van der Waals surface area contributed by atoms with Gasteiger partial charge in [0.1, 0.15) is 17.3 Å². The first-order valence-electron chi connectivity index (χ1n) is 17.9. The van der Waals surface area contributed by atoms with Crippen molar-refractivity contribution in [2.75, 3.05) is 19.0 Å². The Kier molecular flexibility index (Phi) is 13.3. The molecule has 0 aliphatic carbocycles. The highest BCUT2D eigenvalue weighted by atomic mass is 32.2. The lowest BCUT2D eigenvalue weighted by molar-refractivity contribution is -0.118. The summed E-state index contributed by atoms with van der Waals surface area (Å²) in [5, 5.41) is 10.8. The smallest absolute Gasteiger partial charge is 0.335 e. The molecule has 5 aromatic rings. The number of nitrogens with zero attached hydrogens (tertiary/aromatic N) is 1. The lowest BCUT2D eigenvalue weighted by Crippen LogP contribution is -2.25. The fourth-order valence-electron chi connectivity index (χ4n) is 5.90. The summed E-state index contributed by atoms with van der Waals surface area (Å²) in [7, 11) is 0. The Balaban J connectivity index is 0.854. The number of aromatic nitrogens is 1. The number of carbonyl (C=O) groups excluding carboxylic acids is 2. The number of unbranched alkanes of at least 4 members (excludes halogenated alkanes) is 3. The number of rotatable bonds is 19. The van der Waals surface area contributed by atoms with Gasteiger partial charge in [0.05, 0.1) is 29.7 Å². The van der Waals surface area contributed by atoms with Gasteiger partial charge in [-0.15, -0.1) is 11.8 Å². The zero-order chi connectivity index (χ0) is 37.9. The molecular weight excluding hydrogens is 721 g/mol. The number of aryl methyl sites for hydroxylation is 1. The van der Waals surface area contributed by atoms with Gasteiger partial charge in [-0.25, -0.2) is 9.78 Å². The zero-order valence-electron chi connectivity index (χ0n) is 30.0. The van der Waals surface area contributed by atoms with Gasteiger partial charge >= 0.3 is 5.97 Å². The normalized spacial score (nSPS) is 13.8. The van der Waals surface area contributed by atoms with Gasteiger partial charge in [0.25, 0.3) is 5.24 Å². The summed E-state index contributed by atoms with van der Waals surface area (Å²) >= 11 is 2.87. The van der Waals surface area contributed by atoms with Crippen molar-refractivity contribution in [3.63, 3.8) is 0 Å². The van der Waals surface area contributed by atoms with E-state index in [2.05, 4.69) is 24.0 Å². The van der Waals surface area contributed by atoms with Crippen molar-refractivity contribution in [3.05, 3.63) is 137 Å². The van der Waals surface area contributed by atoms with E-state index in [0.717, 1.165) is 94.0 Å². The first-order valence-corrected chi connectivity index (χ1v) is 19.8. The number of hydrogen-bond donors (Lipinski definition) is 2. The maximum Gasteiger partial charge on any atom is 0.335 e. The third-order valence-corrected chi connectivity index (χ3v) is 11.0. The summed E-state index contributed by atoms with van der Waals surface area (Å²) in [6.45, 7) is 7.23. The molecule has 1 aliphatic rings. The number of nitrogens with one attached hydrogen (secondary N) is 1. The maximum atomic E-state index is 11.8. The monoisotopic (exact) mass is 762 g/mol. The average Bonchev–Trinajstić information content (AvgIpc) is 3.71. The van der Waals surface area contributed by atoms with E-state index in [9.17, 15) is 14.4 Å². The van der Waals surface area contributed by atoms with Crippen molar-refractivity contribution < 1.29 is 33.4 Å². The van der Waals surface area contributed by atoms with E-state index in [1.807, 2.05) is 79.3 Å². The average molecular weight is 763 g/mol. The highest BCUT2D eigenvalue weighted by Gasteiger charge is 2.31. The summed E-state index contributed by atoms with van der Waals surface area (Å²) in [5.41, 5.74) is 5.77. The molecule has 0 bridgehead atoms. The first-order chi connectivity index (χ1) is 26.2. The lowest BCUT2D eigenvalue weighted by atomic mass is 9.99. The molecule has 54 heavy (non-hydrogen) atoms. The predicted octanol–water partition coefficient (Wildman–Crippen LogP) is 9.66. The van der Waals surface area contributed by atoms with Crippen LogP contribution in [0.25, 0.3) is 17.0 Å². The van der Waals surface area contributed by atoms with Gasteiger partial charge in [0.2, 0.25) is 11.8 Å². The molecule has 1 aromatic heterocycles. The van der Waals surface area contributed by atoms with E-state index in [0.29, 0.717) is 31.9 Å². The Morgan fingerprint density at radius 3 is 2.26 bits per heavy atom. The molecule has 11 heteroatoms. The van der Waals surface area contributed by atoms with Crippen molar-refractivity contribution in [1.82, 2.24) is 10.3 Å². The van der Waals surface area contributed by atoms with Crippen LogP contribution in [0.5, 0.6) is 11.5 Å². The summed E-state index contributed by atoms with van der Waals surface area (Å²) in [5.74, 6) is 2.71. The molecule has 0 spiro atoms. The third-order valence-electron chi connectivity index (χ3n) is 8.95. The number of oxazole rings is 1. The van der Waals surface area contributed by atoms with E-state index in [4.69, 9.17) is 24.0 Å². The fraction of sp³-hybridized carbons (Fsp3) is 0.256. The van der Waals surface area contributed by atoms with Crippen molar-refractivity contribution in [2.45, 2.75) is 55.6 Å². The molecule has 0 radical (unpaired) electrons. The van der Waals surface area contributed by atoms with Crippen molar-refractivity contribution >= 4 is 46.2 Å². The SMILES string of the molecule is C=C(c1ccc(C(=O)O)cc1)c1cccc(SCCCCCCOc2ccc(-c3nc(CCOc4ccc(CC5SC(=O)NC5=O)cc4)c(C)o3)cc2)c1. The minimum atomic E-state index is -0.935. The van der Waals surface area contributed by atoms with Gasteiger partial charge in [0.15, 0.2) is 0 Å². The molecule has 2 N–H and O–H groups in total. The van der Waals surface area contributed by atoms with Gasteiger partial charge in [-0.3, -0.25) is 14.9 Å². The minimum absolute atomic E-state index is 0.239. The second-order valence-electron chi connectivity index (χ2n) is 12.9. The molecule has 6 rings (SSSR count). The molecular formula is C43H42N2O7S2. The molecule has 1 unspecified atom stereocenters. The Bertz CT molecular complexity index is 2080. The topological polar surface area (TPSA) is 128 Å². The number of carboxylic acids is 1. The summed E-state index contributed by atoms with van der Waals surface area (Å²) in [6, 6.07) is 30.5. The van der Waals surface area contributed by atoms with Gasteiger partial charge in [0, 0.05) is 16.9 Å². The number of thioether (sulfide) groups is 2. The molecule has 1 fully saturated rings. The van der Waals surface area contributed by atoms with Crippen LogP contribution in [-0.4, -0.2) is 51.4 Å². The van der Waals surface area contributed by atoms with Crippen LogP contribution in [0, 0.1) is 6.92 Å². The Hall–Kier alpha value is -5.26. The molecule has 0 saturated carbocycles. The Labute approximate surface area is 323 Å². The van der Waals surface area contributed by atoms with E-state index in [1.165, 1.54) is 4.90 Å². The minimum Gasteiger partial charge on any atom is -0.494 e. The van der Waals surface area contributed by atoms with Gasteiger partial charge in [-0.1, -0.05) is 67.6 Å². The van der Waals surface area contributed by atoms with Crippen LogP contribution in [0.2, 0.25) is 0 Å². The highest BCUT2D eigenvalue weighted by molar-refractivity contribution is 8.15. The molecule has 2 amide bonds. The number of benzene rings is 4. The van der Waals surface area contributed by atoms with Crippen LogP contribution < -0.4 is 14.8 Å². The molecule has 1 aliphatic heterocycles. The maximum absolute atomic E-state index is 11.8. The Morgan fingerprint density at radius 2 is 1.56 bits per heavy atom. The van der Waals surface area contributed by atoms with Gasteiger partial charge in [-0.05, 0) is 115 Å². The number of aromatic carboxylic acids is 1. The lowest BCUT2D eigenvalue weighted by Gasteiger charge is -2.09. The van der Waals surface area contributed by atoms with Crippen molar-refractivity contribution in [3.8, 4) is 23.0 Å². The number of imide groups is 1. The number of ether oxygens (including phenoxy) is 2. The van der Waals surface area contributed by atoms with Crippen LogP contribution in [0.4, 0.5) is 4.79 Å². The first kappa shape index (κ1) is 38.5. The Morgan fingerprint density at radius 1 is 0.870 bits per heavy atom. The molecule has 278 valence electrons. The number of hydrogen-bond acceptors (Lipinski definition) is 9. The largest absolute Gasteiger partial charge is 0.494 e. The number of carboxylic acid groups (broad SMARTS) is 1. The predicted molar refractivity (Wildman–Crippen MR) is 214 cm³/mol. The van der Waals surface area contributed by atoms with Gasteiger partial charge < -0.3 is 19.0 Å². The molecule has 4 aromatic carbocycles. The highest BCUT2D eigenvalue weighted by Crippen LogP contribution is 2.29. The van der Waals surface area contributed by atoms with E-state index >= 15 is 0 Å². The molecule has 1 atom stereocenters. The standard InChI is InChI=1S/C43H42N2O7S2/c1-28(31-12-14-33(15-13-31)42(47)48)34-8-7-9-37(27-34)53-25-6-4-3-5-23-50-36-20-16-32(17-21-36)41-44-38(29(2)52-41)22-24-51-35-18-10-30(11-19-35)26-39-40(46)45-43(49)54-39/h7-21,27,39H,1,3-6,22-26H2,2H3,(H,47,48)(H,45,46,49). The quantitative estimate of drug-likeness (QED) is 0.0620. The zero-order valence-corrected chi connectivity index (χ0v) is 31.7. The van der Waals surface area contributed by atoms with Crippen LogP contribution in [0.1, 0.15) is 64.2 Å². The molecule has 1 saturated heterocycles. The number of amides is 2. The molecule has 9 nitrogen and oxygen atoms in total. The third kappa shape index (κ3) is 10.7. The number of carbonyl (C=O) groups is 3. The van der Waals surface area contributed by atoms with E-state index in [1.54, 1.807) is 24.3 Å².